The first-order valence-electron chi connectivity index (χ1n) is 8.63. The third kappa shape index (κ3) is 3.33. The fourth-order valence-electron chi connectivity index (χ4n) is 2.93. The first kappa shape index (κ1) is 17.7. The predicted molar refractivity (Wildman–Crippen MR) is 102 cm³/mol. The number of nitrogens with one attached hydrogen (secondary N) is 1. The van der Waals surface area contributed by atoms with Crippen molar-refractivity contribution in [2.24, 2.45) is 0 Å². The number of hydrogen-bond donors (Lipinski definition) is 1. The number of nitrogens with zero attached hydrogens (tertiary/aromatic N) is 1. The average molecular weight is 350 g/mol. The lowest BCUT2D eigenvalue weighted by Gasteiger charge is -2.13. The van der Waals surface area contributed by atoms with E-state index in [1.54, 1.807) is 31.4 Å². The number of rotatable bonds is 6. The monoisotopic (exact) mass is 350 g/mol. The summed E-state index contributed by atoms with van der Waals surface area (Å²) in [5, 5.41) is 3.15. The molecule has 2 aromatic rings. The molecule has 0 aromatic heterocycles. The van der Waals surface area contributed by atoms with E-state index in [-0.39, 0.29) is 11.8 Å². The largest absolute Gasteiger partial charge is 0.497 e. The molecule has 0 radical (unpaired) electrons. The lowest BCUT2D eigenvalue weighted by molar-refractivity contribution is -0.136. The number of aryl methyl sites for hydroxylation is 1. The highest BCUT2D eigenvalue weighted by Gasteiger charge is 2.38. The van der Waals surface area contributed by atoms with Gasteiger partial charge < -0.3 is 10.1 Å². The fourth-order valence-corrected chi connectivity index (χ4v) is 2.93. The van der Waals surface area contributed by atoms with Crippen molar-refractivity contribution in [3.8, 4) is 5.75 Å². The van der Waals surface area contributed by atoms with Crippen LogP contribution >= 0.6 is 0 Å². The Morgan fingerprint density at radius 3 is 2.19 bits per heavy atom. The Bertz CT molecular complexity index is 852. The van der Waals surface area contributed by atoms with Gasteiger partial charge in [-0.2, -0.15) is 0 Å². The molecule has 1 aliphatic rings. The standard InChI is InChI=1S/C21H22N2O3/c1-4-13-23-20(24)18(15-7-11-17(26-3)12-8-15)19(21(23)25)22-16-9-5-14(2)6-10-16/h5-12,22H,4,13H2,1-3H3. The number of carbonyl (C=O) groups is 2. The molecular formula is C21H22N2O3. The summed E-state index contributed by atoms with van der Waals surface area (Å²) < 4.78 is 5.18. The lowest BCUT2D eigenvalue weighted by atomic mass is 10.0. The van der Waals surface area contributed by atoms with Crippen molar-refractivity contribution in [3.05, 3.63) is 65.4 Å². The molecule has 26 heavy (non-hydrogen) atoms. The molecule has 0 spiro atoms. The first-order valence-corrected chi connectivity index (χ1v) is 8.63. The van der Waals surface area contributed by atoms with Gasteiger partial charge >= 0.3 is 0 Å². The minimum absolute atomic E-state index is 0.267. The Kier molecular flexibility index (Phi) is 5.07. The van der Waals surface area contributed by atoms with Gasteiger partial charge in [-0.05, 0) is 43.2 Å². The summed E-state index contributed by atoms with van der Waals surface area (Å²) >= 11 is 0. The van der Waals surface area contributed by atoms with Crippen molar-refractivity contribution in [1.82, 2.24) is 4.90 Å². The quantitative estimate of drug-likeness (QED) is 0.809. The first-order chi connectivity index (χ1) is 12.5. The number of anilines is 1. The Hall–Kier alpha value is -3.08. The van der Waals surface area contributed by atoms with Crippen LogP contribution in [0.4, 0.5) is 5.69 Å². The van der Waals surface area contributed by atoms with E-state index in [0.717, 1.165) is 11.3 Å². The number of benzene rings is 2. The summed E-state index contributed by atoms with van der Waals surface area (Å²) in [6.45, 7) is 4.34. The summed E-state index contributed by atoms with van der Waals surface area (Å²) in [6, 6.07) is 14.9. The van der Waals surface area contributed by atoms with E-state index < -0.39 is 0 Å². The summed E-state index contributed by atoms with van der Waals surface area (Å²) in [4.78, 5) is 27.0. The molecule has 0 bridgehead atoms. The number of imide groups is 1. The minimum atomic E-state index is -0.289. The van der Waals surface area contributed by atoms with Crippen LogP contribution in [0, 0.1) is 6.92 Å². The molecule has 1 heterocycles. The van der Waals surface area contributed by atoms with Gasteiger partial charge in [-0.1, -0.05) is 36.8 Å². The smallest absolute Gasteiger partial charge is 0.278 e. The Morgan fingerprint density at radius 2 is 1.62 bits per heavy atom. The van der Waals surface area contributed by atoms with E-state index in [4.69, 9.17) is 4.74 Å². The molecule has 0 fully saturated rings. The van der Waals surface area contributed by atoms with Crippen LogP contribution in [0.1, 0.15) is 24.5 Å². The van der Waals surface area contributed by atoms with Gasteiger partial charge in [0.15, 0.2) is 0 Å². The van der Waals surface area contributed by atoms with Gasteiger partial charge in [-0.25, -0.2) is 0 Å². The molecule has 1 N–H and O–H groups in total. The normalized spacial score (nSPS) is 14.2. The molecule has 0 saturated carbocycles. The Morgan fingerprint density at radius 1 is 0.962 bits per heavy atom. The van der Waals surface area contributed by atoms with Crippen molar-refractivity contribution in [2.45, 2.75) is 20.3 Å². The summed E-state index contributed by atoms with van der Waals surface area (Å²) in [7, 11) is 1.59. The average Bonchev–Trinajstić information content (AvgIpc) is 2.88. The van der Waals surface area contributed by atoms with Crippen LogP contribution < -0.4 is 10.1 Å². The van der Waals surface area contributed by atoms with Crippen molar-refractivity contribution in [1.29, 1.82) is 0 Å². The third-order valence-electron chi connectivity index (χ3n) is 4.31. The molecule has 134 valence electrons. The van der Waals surface area contributed by atoms with E-state index in [0.29, 0.717) is 35.5 Å². The highest BCUT2D eigenvalue weighted by atomic mass is 16.5. The van der Waals surface area contributed by atoms with Crippen molar-refractivity contribution in [3.63, 3.8) is 0 Å². The summed E-state index contributed by atoms with van der Waals surface area (Å²) in [6.07, 6.45) is 0.713. The maximum absolute atomic E-state index is 12.9. The van der Waals surface area contributed by atoms with Gasteiger partial charge in [0.2, 0.25) is 0 Å². The Balaban J connectivity index is 2.04. The van der Waals surface area contributed by atoms with Crippen LogP contribution in [0.5, 0.6) is 5.75 Å². The van der Waals surface area contributed by atoms with E-state index in [1.807, 2.05) is 38.1 Å². The Labute approximate surface area is 153 Å². The highest BCUT2D eigenvalue weighted by Crippen LogP contribution is 2.31. The van der Waals surface area contributed by atoms with Crippen molar-refractivity contribution < 1.29 is 14.3 Å². The molecule has 0 aliphatic carbocycles. The number of ether oxygens (including phenoxy) is 1. The van der Waals surface area contributed by atoms with E-state index in [9.17, 15) is 9.59 Å². The highest BCUT2D eigenvalue weighted by molar-refractivity contribution is 6.36. The maximum atomic E-state index is 12.9. The molecule has 0 atom stereocenters. The molecule has 1 aliphatic heterocycles. The summed E-state index contributed by atoms with van der Waals surface area (Å²) in [5.74, 6) is 0.143. The number of amides is 2. The van der Waals surface area contributed by atoms with Gasteiger partial charge in [-0.3, -0.25) is 14.5 Å². The van der Waals surface area contributed by atoms with Gasteiger partial charge in [0, 0.05) is 12.2 Å². The van der Waals surface area contributed by atoms with Crippen LogP contribution in [0.3, 0.4) is 0 Å². The zero-order valence-electron chi connectivity index (χ0n) is 15.2. The van der Waals surface area contributed by atoms with Crippen LogP contribution in [-0.4, -0.2) is 30.4 Å². The molecule has 2 aromatic carbocycles. The fraction of sp³-hybridized carbons (Fsp3) is 0.238. The molecule has 3 rings (SSSR count). The molecular weight excluding hydrogens is 328 g/mol. The third-order valence-corrected chi connectivity index (χ3v) is 4.31. The number of carbonyl (C=O) groups excluding carboxylic acids is 2. The van der Waals surface area contributed by atoms with Crippen molar-refractivity contribution in [2.75, 3.05) is 19.0 Å². The van der Waals surface area contributed by atoms with Gasteiger partial charge in [0.1, 0.15) is 11.4 Å². The van der Waals surface area contributed by atoms with Gasteiger partial charge in [0.05, 0.1) is 12.7 Å². The molecule has 5 nitrogen and oxygen atoms in total. The second kappa shape index (κ2) is 7.44. The SMILES string of the molecule is CCCN1C(=O)C(Nc2ccc(C)cc2)=C(c2ccc(OC)cc2)C1=O. The topological polar surface area (TPSA) is 58.6 Å². The zero-order chi connectivity index (χ0) is 18.7. The number of hydrogen-bond acceptors (Lipinski definition) is 4. The second-order valence-corrected chi connectivity index (χ2v) is 6.23. The molecule has 2 amide bonds. The van der Waals surface area contributed by atoms with E-state index in [2.05, 4.69) is 5.32 Å². The predicted octanol–water partition coefficient (Wildman–Crippen LogP) is 3.61. The van der Waals surface area contributed by atoms with Crippen LogP contribution in [0.25, 0.3) is 5.57 Å². The van der Waals surface area contributed by atoms with Gasteiger partial charge in [-0.15, -0.1) is 0 Å². The van der Waals surface area contributed by atoms with Crippen LogP contribution in [-0.2, 0) is 9.59 Å². The lowest BCUT2D eigenvalue weighted by Crippen LogP contribution is -2.33. The molecule has 5 heteroatoms. The summed E-state index contributed by atoms with van der Waals surface area (Å²) in [5.41, 5.74) is 3.30. The van der Waals surface area contributed by atoms with Gasteiger partial charge in [0.25, 0.3) is 11.8 Å². The second-order valence-electron chi connectivity index (χ2n) is 6.23. The van der Waals surface area contributed by atoms with Crippen molar-refractivity contribution >= 4 is 23.1 Å². The molecule has 0 unspecified atom stereocenters. The number of methoxy groups -OCH3 is 1. The van der Waals surface area contributed by atoms with E-state index >= 15 is 0 Å². The van der Waals surface area contributed by atoms with E-state index in [1.165, 1.54) is 4.90 Å². The minimum Gasteiger partial charge on any atom is -0.497 e. The maximum Gasteiger partial charge on any atom is 0.278 e. The van der Waals surface area contributed by atoms with Crippen LogP contribution in [0.2, 0.25) is 0 Å². The zero-order valence-corrected chi connectivity index (χ0v) is 15.2. The molecule has 0 saturated heterocycles. The van der Waals surface area contributed by atoms with Crippen LogP contribution in [0.15, 0.2) is 54.2 Å².